The van der Waals surface area contributed by atoms with Crippen molar-refractivity contribution in [2.75, 3.05) is 18.9 Å². The van der Waals surface area contributed by atoms with Crippen LogP contribution in [0.4, 0.5) is 0 Å². The van der Waals surface area contributed by atoms with Crippen LogP contribution >= 0.6 is 11.8 Å². The predicted octanol–water partition coefficient (Wildman–Crippen LogP) is 3.01. The van der Waals surface area contributed by atoms with E-state index in [1.54, 1.807) is 11.8 Å². The first-order valence-electron chi connectivity index (χ1n) is 7.06. The fraction of sp³-hybridized carbons (Fsp3) is 0.562. The highest BCUT2D eigenvalue weighted by molar-refractivity contribution is 8.00. The number of carbonyl (C=O) groups is 1. The molecule has 1 rings (SSSR count). The van der Waals surface area contributed by atoms with Gasteiger partial charge in [0.15, 0.2) is 0 Å². The Bertz CT molecular complexity index is 446. The summed E-state index contributed by atoms with van der Waals surface area (Å²) in [6.07, 6.45) is 0.637. The highest BCUT2D eigenvalue weighted by Gasteiger charge is 2.16. The van der Waals surface area contributed by atoms with Gasteiger partial charge in [0.25, 0.3) is 0 Å². The maximum Gasteiger partial charge on any atom is 0.233 e. The topological polar surface area (TPSA) is 40.5 Å². The average Bonchev–Trinajstić information content (AvgIpc) is 2.40. The Morgan fingerprint density at radius 2 is 2.05 bits per heavy atom. The maximum atomic E-state index is 12.3. The maximum absolute atomic E-state index is 12.3. The molecule has 0 fully saturated rings. The molecule has 3 nitrogen and oxygen atoms in total. The summed E-state index contributed by atoms with van der Waals surface area (Å²) in [5.41, 5.74) is 2.42. The Morgan fingerprint density at radius 3 is 2.65 bits per heavy atom. The summed E-state index contributed by atoms with van der Waals surface area (Å²) in [4.78, 5) is 15.3. The molecule has 0 unspecified atom stereocenters. The van der Waals surface area contributed by atoms with E-state index < -0.39 is 0 Å². The van der Waals surface area contributed by atoms with E-state index in [1.165, 1.54) is 16.0 Å². The number of hydrogen-bond donors (Lipinski definition) is 1. The van der Waals surface area contributed by atoms with Crippen molar-refractivity contribution in [2.45, 2.75) is 45.1 Å². The molecule has 0 aliphatic rings. The molecule has 20 heavy (non-hydrogen) atoms. The third-order valence-electron chi connectivity index (χ3n) is 3.20. The lowest BCUT2D eigenvalue weighted by atomic mass is 10.2. The van der Waals surface area contributed by atoms with Gasteiger partial charge < -0.3 is 10.0 Å². The lowest BCUT2D eigenvalue weighted by Crippen LogP contribution is -2.39. The first kappa shape index (κ1) is 17.1. The largest absolute Gasteiger partial charge is 0.396 e. The molecule has 1 amide bonds. The van der Waals surface area contributed by atoms with Crippen LogP contribution < -0.4 is 0 Å². The number of aryl methyl sites for hydroxylation is 2. The van der Waals surface area contributed by atoms with Crippen LogP contribution in [-0.2, 0) is 4.79 Å². The summed E-state index contributed by atoms with van der Waals surface area (Å²) in [5.74, 6) is 0.591. The van der Waals surface area contributed by atoms with Crippen LogP contribution in [0.2, 0.25) is 0 Å². The van der Waals surface area contributed by atoms with E-state index in [0.29, 0.717) is 18.7 Å². The van der Waals surface area contributed by atoms with E-state index in [4.69, 9.17) is 5.11 Å². The van der Waals surface area contributed by atoms with Gasteiger partial charge >= 0.3 is 0 Å². The lowest BCUT2D eigenvalue weighted by molar-refractivity contribution is -0.130. The SMILES string of the molecule is Cc1ccc(C)c(SCC(=O)N(CCCO)C(C)C)c1. The Morgan fingerprint density at radius 1 is 1.35 bits per heavy atom. The zero-order valence-electron chi connectivity index (χ0n) is 12.8. The second-order valence-electron chi connectivity index (χ2n) is 5.32. The fourth-order valence-corrected chi connectivity index (χ4v) is 3.01. The van der Waals surface area contributed by atoms with E-state index in [2.05, 4.69) is 32.0 Å². The van der Waals surface area contributed by atoms with Crippen molar-refractivity contribution in [3.63, 3.8) is 0 Å². The second-order valence-corrected chi connectivity index (χ2v) is 6.33. The lowest BCUT2D eigenvalue weighted by Gasteiger charge is -2.26. The summed E-state index contributed by atoms with van der Waals surface area (Å²) in [5, 5.41) is 8.91. The zero-order valence-corrected chi connectivity index (χ0v) is 13.7. The molecule has 1 N–H and O–H groups in total. The molecule has 4 heteroatoms. The molecule has 0 radical (unpaired) electrons. The highest BCUT2D eigenvalue weighted by Crippen LogP contribution is 2.24. The first-order valence-corrected chi connectivity index (χ1v) is 8.04. The first-order chi connectivity index (χ1) is 9.45. The molecule has 0 bridgehead atoms. The van der Waals surface area contributed by atoms with Gasteiger partial charge in [-0.3, -0.25) is 4.79 Å². The van der Waals surface area contributed by atoms with Crippen LogP contribution in [0.25, 0.3) is 0 Å². The Kier molecular flexibility index (Phi) is 7.10. The van der Waals surface area contributed by atoms with Crippen molar-refractivity contribution < 1.29 is 9.90 Å². The highest BCUT2D eigenvalue weighted by atomic mass is 32.2. The standard InChI is InChI=1S/C16H25NO2S/c1-12(2)17(8-5-9-18)16(19)11-20-15-10-13(3)6-7-14(15)4/h6-7,10,12,18H,5,8-9,11H2,1-4H3. The third kappa shape index (κ3) is 5.17. The molecular weight excluding hydrogens is 270 g/mol. The molecule has 0 aliphatic carbocycles. The van der Waals surface area contributed by atoms with Crippen molar-refractivity contribution >= 4 is 17.7 Å². The van der Waals surface area contributed by atoms with Gasteiger partial charge in [-0.05, 0) is 45.7 Å². The van der Waals surface area contributed by atoms with Crippen molar-refractivity contribution in [1.82, 2.24) is 4.90 Å². The van der Waals surface area contributed by atoms with Gasteiger partial charge in [0, 0.05) is 24.1 Å². The van der Waals surface area contributed by atoms with E-state index in [9.17, 15) is 4.79 Å². The van der Waals surface area contributed by atoms with Gasteiger partial charge in [-0.15, -0.1) is 11.8 Å². The molecule has 0 atom stereocenters. The number of amides is 1. The third-order valence-corrected chi connectivity index (χ3v) is 4.34. The number of hydrogen-bond acceptors (Lipinski definition) is 3. The van der Waals surface area contributed by atoms with Gasteiger partial charge in [-0.25, -0.2) is 0 Å². The van der Waals surface area contributed by atoms with Crippen LogP contribution in [0.1, 0.15) is 31.4 Å². The Labute approximate surface area is 126 Å². The number of aliphatic hydroxyl groups is 1. The number of benzene rings is 1. The van der Waals surface area contributed by atoms with Crippen LogP contribution in [0.5, 0.6) is 0 Å². The van der Waals surface area contributed by atoms with Crippen molar-refractivity contribution in [2.24, 2.45) is 0 Å². The van der Waals surface area contributed by atoms with Crippen molar-refractivity contribution in [3.8, 4) is 0 Å². The monoisotopic (exact) mass is 295 g/mol. The molecule has 0 aliphatic heterocycles. The van der Waals surface area contributed by atoms with Crippen LogP contribution in [-0.4, -0.2) is 40.9 Å². The second kappa shape index (κ2) is 8.32. The summed E-state index contributed by atoms with van der Waals surface area (Å²) in [7, 11) is 0. The summed E-state index contributed by atoms with van der Waals surface area (Å²) < 4.78 is 0. The fourth-order valence-electron chi connectivity index (χ4n) is 2.00. The average molecular weight is 295 g/mol. The molecule has 112 valence electrons. The molecule has 0 aromatic heterocycles. The van der Waals surface area contributed by atoms with Gasteiger partial charge in [0.1, 0.15) is 0 Å². The van der Waals surface area contributed by atoms with Crippen LogP contribution in [0, 0.1) is 13.8 Å². The smallest absolute Gasteiger partial charge is 0.233 e. The number of rotatable bonds is 7. The molecule has 0 spiro atoms. The molecule has 0 saturated carbocycles. The molecule has 1 aromatic carbocycles. The minimum Gasteiger partial charge on any atom is -0.396 e. The Hall–Kier alpha value is -1.00. The summed E-state index contributed by atoms with van der Waals surface area (Å²) in [6, 6.07) is 6.48. The minimum atomic E-state index is 0.126. The van der Waals surface area contributed by atoms with Crippen LogP contribution in [0.3, 0.4) is 0 Å². The van der Waals surface area contributed by atoms with E-state index in [0.717, 1.165) is 0 Å². The predicted molar refractivity (Wildman–Crippen MR) is 85.2 cm³/mol. The number of thioether (sulfide) groups is 1. The van der Waals surface area contributed by atoms with Gasteiger partial charge in [0.2, 0.25) is 5.91 Å². The molecule has 0 heterocycles. The normalized spacial score (nSPS) is 10.9. The van der Waals surface area contributed by atoms with Gasteiger partial charge in [-0.2, -0.15) is 0 Å². The van der Waals surface area contributed by atoms with Crippen molar-refractivity contribution in [1.29, 1.82) is 0 Å². The van der Waals surface area contributed by atoms with Crippen LogP contribution in [0.15, 0.2) is 23.1 Å². The zero-order chi connectivity index (χ0) is 15.1. The van der Waals surface area contributed by atoms with Crippen molar-refractivity contribution in [3.05, 3.63) is 29.3 Å². The number of carbonyl (C=O) groups excluding carboxylic acids is 1. The van der Waals surface area contributed by atoms with E-state index in [-0.39, 0.29) is 18.6 Å². The Balaban J connectivity index is 2.62. The minimum absolute atomic E-state index is 0.126. The van der Waals surface area contributed by atoms with E-state index >= 15 is 0 Å². The summed E-state index contributed by atoms with van der Waals surface area (Å²) in [6.45, 7) is 8.90. The molecule has 1 aromatic rings. The van der Waals surface area contributed by atoms with Gasteiger partial charge in [-0.1, -0.05) is 17.7 Å². The number of aliphatic hydroxyl groups excluding tert-OH is 1. The van der Waals surface area contributed by atoms with Gasteiger partial charge in [0.05, 0.1) is 5.75 Å². The molecular formula is C16H25NO2S. The van der Waals surface area contributed by atoms with E-state index in [1.807, 2.05) is 18.7 Å². The quantitative estimate of drug-likeness (QED) is 0.786. The summed E-state index contributed by atoms with van der Waals surface area (Å²) >= 11 is 1.59. The molecule has 0 saturated heterocycles. The number of nitrogens with zero attached hydrogens (tertiary/aromatic N) is 1.